The van der Waals surface area contributed by atoms with Crippen LogP contribution in [-0.4, -0.2) is 39.1 Å². The molecule has 0 spiro atoms. The number of nitrogens with zero attached hydrogens (tertiary/aromatic N) is 2. The highest BCUT2D eigenvalue weighted by Gasteiger charge is 2.55. The number of ether oxygens (including phenoxy) is 1. The highest BCUT2D eigenvalue weighted by molar-refractivity contribution is 7.89. The van der Waals surface area contributed by atoms with E-state index in [1.165, 1.54) is 12.1 Å². The summed E-state index contributed by atoms with van der Waals surface area (Å²) in [6.07, 6.45) is 2.69. The normalized spacial score (nSPS) is 21.9. The maximum Gasteiger partial charge on any atom is 0.293 e. The molecule has 0 aromatic heterocycles. The lowest BCUT2D eigenvalue weighted by atomic mass is 9.58. The van der Waals surface area contributed by atoms with E-state index in [-0.39, 0.29) is 28.1 Å². The van der Waals surface area contributed by atoms with Gasteiger partial charge in [0, 0.05) is 31.2 Å². The fourth-order valence-electron chi connectivity index (χ4n) is 4.17. The smallest absolute Gasteiger partial charge is 0.293 e. The van der Waals surface area contributed by atoms with Crippen LogP contribution in [0.4, 0.5) is 11.4 Å². The van der Waals surface area contributed by atoms with Crippen molar-refractivity contribution in [1.82, 2.24) is 0 Å². The first kappa shape index (κ1) is 20.6. The van der Waals surface area contributed by atoms with E-state index < -0.39 is 14.9 Å². The van der Waals surface area contributed by atoms with Crippen molar-refractivity contribution in [1.29, 1.82) is 0 Å². The molecule has 2 atom stereocenters. The Bertz CT molecular complexity index is 777. The third-order valence-electron chi connectivity index (χ3n) is 5.75. The third-order valence-corrected chi connectivity index (χ3v) is 6.66. The Morgan fingerprint density at radius 3 is 2.42 bits per heavy atom. The zero-order valence-electron chi connectivity index (χ0n) is 15.6. The predicted molar refractivity (Wildman–Crippen MR) is 99.7 cm³/mol. The van der Waals surface area contributed by atoms with Gasteiger partial charge in [-0.05, 0) is 38.3 Å². The highest BCUT2D eigenvalue weighted by atomic mass is 32.2. The molecule has 0 heterocycles. The molecule has 0 aliphatic heterocycles. The van der Waals surface area contributed by atoms with Crippen LogP contribution in [0.3, 0.4) is 0 Å². The molecule has 2 unspecified atom stereocenters. The molecule has 0 radical (unpaired) electrons. The van der Waals surface area contributed by atoms with Crippen molar-refractivity contribution in [3.05, 3.63) is 28.3 Å². The van der Waals surface area contributed by atoms with Crippen LogP contribution in [0.2, 0.25) is 0 Å². The number of rotatable bonds is 8. The van der Waals surface area contributed by atoms with Crippen LogP contribution >= 0.6 is 0 Å². The summed E-state index contributed by atoms with van der Waals surface area (Å²) in [7, 11) is -2.19. The number of sulfonamides is 1. The Kier molecular flexibility index (Phi) is 5.94. The van der Waals surface area contributed by atoms with Gasteiger partial charge in [0.05, 0.1) is 15.9 Å². The number of nitro groups is 1. The van der Waals surface area contributed by atoms with Gasteiger partial charge in [0.25, 0.3) is 5.69 Å². The van der Waals surface area contributed by atoms with Crippen molar-refractivity contribution in [3.8, 4) is 0 Å². The fourth-order valence-corrected chi connectivity index (χ4v) is 4.71. The van der Waals surface area contributed by atoms with Crippen molar-refractivity contribution in [2.75, 3.05) is 18.6 Å². The lowest BCUT2D eigenvalue weighted by Gasteiger charge is -2.58. The molecule has 0 amide bonds. The second-order valence-electron chi connectivity index (χ2n) is 6.70. The summed E-state index contributed by atoms with van der Waals surface area (Å²) in [6.45, 7) is 6.80. The van der Waals surface area contributed by atoms with Crippen molar-refractivity contribution >= 4 is 21.4 Å². The second-order valence-corrected chi connectivity index (χ2v) is 8.26. The average molecular weight is 385 g/mol. The summed E-state index contributed by atoms with van der Waals surface area (Å²) in [5, 5.41) is 16.6. The van der Waals surface area contributed by atoms with Crippen LogP contribution in [0.25, 0.3) is 0 Å². The van der Waals surface area contributed by atoms with Gasteiger partial charge in [0.2, 0.25) is 10.0 Å². The van der Waals surface area contributed by atoms with Crippen LogP contribution < -0.4 is 10.0 Å². The number of primary sulfonamides is 1. The molecule has 0 bridgehead atoms. The number of anilines is 1. The van der Waals surface area contributed by atoms with Crippen LogP contribution in [0.1, 0.15) is 40.0 Å². The van der Waals surface area contributed by atoms with Crippen LogP contribution in [0.5, 0.6) is 0 Å². The Morgan fingerprint density at radius 1 is 1.35 bits per heavy atom. The first-order valence-corrected chi connectivity index (χ1v) is 10.3. The fraction of sp³-hybridized carbons (Fsp3) is 0.647. The lowest BCUT2D eigenvalue weighted by Crippen LogP contribution is -2.64. The van der Waals surface area contributed by atoms with E-state index in [0.29, 0.717) is 12.3 Å². The zero-order chi connectivity index (χ0) is 19.7. The number of benzene rings is 1. The van der Waals surface area contributed by atoms with Gasteiger partial charge in [0.15, 0.2) is 0 Å². The van der Waals surface area contributed by atoms with Crippen molar-refractivity contribution in [2.45, 2.75) is 57.1 Å². The summed E-state index contributed by atoms with van der Waals surface area (Å²) in [5.41, 5.74) is 0.0330. The van der Waals surface area contributed by atoms with E-state index in [0.717, 1.165) is 25.3 Å². The number of hydrogen-bond acceptors (Lipinski definition) is 6. The van der Waals surface area contributed by atoms with Gasteiger partial charge >= 0.3 is 0 Å². The molecule has 146 valence electrons. The minimum atomic E-state index is -4.00. The van der Waals surface area contributed by atoms with Gasteiger partial charge < -0.3 is 9.64 Å². The first-order valence-electron chi connectivity index (χ1n) is 8.78. The maximum atomic E-state index is 11.5. The first-order chi connectivity index (χ1) is 12.1. The topological polar surface area (TPSA) is 116 Å². The molecular formula is C17H27N3O5S. The highest BCUT2D eigenvalue weighted by Crippen LogP contribution is 2.52. The monoisotopic (exact) mass is 385 g/mol. The van der Waals surface area contributed by atoms with E-state index in [4.69, 9.17) is 9.88 Å². The summed E-state index contributed by atoms with van der Waals surface area (Å²) >= 11 is 0. The predicted octanol–water partition coefficient (Wildman–Crippen LogP) is 2.66. The van der Waals surface area contributed by atoms with Gasteiger partial charge in [0.1, 0.15) is 5.69 Å². The minimum Gasteiger partial charge on any atom is -0.378 e. The average Bonchev–Trinajstić information content (AvgIpc) is 2.57. The van der Waals surface area contributed by atoms with Crippen molar-refractivity contribution in [3.63, 3.8) is 0 Å². The van der Waals surface area contributed by atoms with Gasteiger partial charge in [-0.1, -0.05) is 13.8 Å². The van der Waals surface area contributed by atoms with E-state index in [1.807, 2.05) is 18.9 Å². The van der Waals surface area contributed by atoms with E-state index in [9.17, 15) is 18.5 Å². The molecule has 0 saturated heterocycles. The number of nitrogens with two attached hydrogens (primary N) is 1. The number of nitro benzene ring substituents is 1. The molecule has 1 aliphatic rings. The molecule has 1 saturated carbocycles. The Labute approximate surface area is 154 Å². The summed E-state index contributed by atoms with van der Waals surface area (Å²) in [6, 6.07) is 3.88. The Hall–Kier alpha value is -1.71. The summed E-state index contributed by atoms with van der Waals surface area (Å²) < 4.78 is 28.9. The summed E-state index contributed by atoms with van der Waals surface area (Å²) in [5.74, 6) is 0. The Balaban J connectivity index is 2.43. The van der Waals surface area contributed by atoms with Crippen LogP contribution in [-0.2, 0) is 14.8 Å². The molecule has 2 N–H and O–H groups in total. The molecule has 8 nitrogen and oxygen atoms in total. The molecule has 1 fully saturated rings. The van der Waals surface area contributed by atoms with Gasteiger partial charge in [-0.15, -0.1) is 0 Å². The molecule has 9 heteroatoms. The maximum absolute atomic E-state index is 11.5. The van der Waals surface area contributed by atoms with Crippen molar-refractivity contribution < 1.29 is 18.1 Å². The van der Waals surface area contributed by atoms with Crippen LogP contribution in [0, 0.1) is 15.5 Å². The third kappa shape index (κ3) is 3.43. The van der Waals surface area contributed by atoms with E-state index in [2.05, 4.69) is 13.8 Å². The van der Waals surface area contributed by atoms with E-state index in [1.54, 1.807) is 0 Å². The quantitative estimate of drug-likeness (QED) is 0.543. The largest absolute Gasteiger partial charge is 0.378 e. The molecule has 1 aromatic rings. The van der Waals surface area contributed by atoms with E-state index >= 15 is 0 Å². The number of hydrogen-bond donors (Lipinski definition) is 1. The SMILES string of the molecule is CCOC1CC(N(C)c2ccc(S(N)(=O)=O)cc2[N+](=O)[O-])C1(CC)CC. The van der Waals surface area contributed by atoms with Gasteiger partial charge in [-0.25, -0.2) is 13.6 Å². The molecule has 1 aromatic carbocycles. The molecule has 1 aliphatic carbocycles. The van der Waals surface area contributed by atoms with Crippen LogP contribution in [0.15, 0.2) is 23.1 Å². The zero-order valence-corrected chi connectivity index (χ0v) is 16.5. The molecular weight excluding hydrogens is 358 g/mol. The van der Waals surface area contributed by atoms with Gasteiger partial charge in [-0.3, -0.25) is 10.1 Å². The lowest BCUT2D eigenvalue weighted by molar-refractivity contribution is -0.384. The molecule has 26 heavy (non-hydrogen) atoms. The second kappa shape index (κ2) is 7.50. The van der Waals surface area contributed by atoms with Crippen molar-refractivity contribution in [2.24, 2.45) is 10.6 Å². The minimum absolute atomic E-state index is 0.0769. The van der Waals surface area contributed by atoms with Gasteiger partial charge in [-0.2, -0.15) is 0 Å². The standard InChI is InChI=1S/C17H27N3O5S/c1-5-17(6-2)15(11-16(17)25-7-3)19(4)13-9-8-12(26(18,23)24)10-14(13)20(21)22/h8-10,15-16H,5-7,11H2,1-4H3,(H2,18,23,24). The summed E-state index contributed by atoms with van der Waals surface area (Å²) in [4.78, 5) is 12.6. The molecule has 2 rings (SSSR count). The Morgan fingerprint density at radius 2 is 1.96 bits per heavy atom.